The Morgan fingerprint density at radius 2 is 1.70 bits per heavy atom. The number of thiocarbonyl (C=S) groups is 2. The lowest BCUT2D eigenvalue weighted by atomic mass is 10.2. The summed E-state index contributed by atoms with van der Waals surface area (Å²) >= 11 is 9.88. The Balaban J connectivity index is 2.85. The fourth-order valence-electron chi connectivity index (χ4n) is 1.07. The van der Waals surface area contributed by atoms with Crippen molar-refractivity contribution in [2.45, 2.75) is 0 Å². The quantitative estimate of drug-likeness (QED) is 0.353. The van der Waals surface area contributed by atoms with E-state index in [1.54, 1.807) is 26.5 Å². The molecule has 0 aliphatic heterocycles. The molecule has 0 radical (unpaired) electrons. The van der Waals surface area contributed by atoms with E-state index in [0.29, 0.717) is 15.9 Å². The van der Waals surface area contributed by atoms with Crippen LogP contribution in [0.2, 0.25) is 0 Å². The van der Waals surface area contributed by atoms with Gasteiger partial charge in [0.15, 0.2) is 10.2 Å². The molecular weight excluding hydrogens is 294 g/mol. The van der Waals surface area contributed by atoms with Crippen LogP contribution in [0.5, 0.6) is 0 Å². The van der Waals surface area contributed by atoms with Crippen LogP contribution in [0.25, 0.3) is 0 Å². The summed E-state index contributed by atoms with van der Waals surface area (Å²) < 4.78 is 0. The second-order valence-corrected chi connectivity index (χ2v) is 4.19. The van der Waals surface area contributed by atoms with E-state index >= 15 is 0 Å². The summed E-state index contributed by atoms with van der Waals surface area (Å²) in [6.45, 7) is 0. The van der Waals surface area contributed by atoms with Crippen molar-refractivity contribution in [3.63, 3.8) is 0 Å². The zero-order chi connectivity index (χ0) is 14.8. The van der Waals surface area contributed by atoms with Crippen molar-refractivity contribution in [2.24, 2.45) is 10.2 Å². The molecule has 0 aromatic carbocycles. The standard InChI is InChI=1S/C11H15N7S2/c1-12-10(19)17-15-7-9(16-18-11(20)13-2)8-3-5-14-6-4-8/h3-7H,1-2H3,(H2,12,17,19)(H2,13,18,20)/b15-7+,16-9-. The van der Waals surface area contributed by atoms with E-state index < -0.39 is 0 Å². The molecule has 0 aliphatic rings. The van der Waals surface area contributed by atoms with Crippen molar-refractivity contribution in [1.29, 1.82) is 0 Å². The SMILES string of the molecule is CNC(=S)N/N=C/C(=N/NC(=S)NC)c1ccncc1. The highest BCUT2D eigenvalue weighted by Gasteiger charge is 2.01. The van der Waals surface area contributed by atoms with E-state index in [4.69, 9.17) is 24.4 Å². The molecule has 1 aromatic heterocycles. The van der Waals surface area contributed by atoms with Gasteiger partial charge >= 0.3 is 0 Å². The molecule has 7 nitrogen and oxygen atoms in total. The third-order valence-electron chi connectivity index (χ3n) is 2.06. The van der Waals surface area contributed by atoms with Gasteiger partial charge in [0, 0.05) is 32.1 Å². The molecule has 0 amide bonds. The number of nitrogens with zero attached hydrogens (tertiary/aromatic N) is 3. The van der Waals surface area contributed by atoms with Gasteiger partial charge in [0.25, 0.3) is 0 Å². The van der Waals surface area contributed by atoms with Crippen LogP contribution in [0.4, 0.5) is 0 Å². The number of aromatic nitrogens is 1. The summed E-state index contributed by atoms with van der Waals surface area (Å²) in [6, 6.07) is 3.62. The van der Waals surface area contributed by atoms with E-state index in [9.17, 15) is 0 Å². The lowest BCUT2D eigenvalue weighted by Crippen LogP contribution is -2.30. The van der Waals surface area contributed by atoms with Gasteiger partial charge in [-0.15, -0.1) is 0 Å². The van der Waals surface area contributed by atoms with Crippen LogP contribution in [0.15, 0.2) is 34.7 Å². The molecule has 0 aliphatic carbocycles. The molecule has 20 heavy (non-hydrogen) atoms. The minimum Gasteiger partial charge on any atom is -0.364 e. The van der Waals surface area contributed by atoms with E-state index in [1.165, 1.54) is 6.21 Å². The Morgan fingerprint density at radius 1 is 1.10 bits per heavy atom. The van der Waals surface area contributed by atoms with E-state index in [0.717, 1.165) is 5.56 Å². The van der Waals surface area contributed by atoms with E-state index in [-0.39, 0.29) is 0 Å². The van der Waals surface area contributed by atoms with E-state index in [1.807, 2.05) is 12.1 Å². The molecule has 1 heterocycles. The number of rotatable bonds is 4. The molecule has 1 rings (SSSR count). The highest BCUT2D eigenvalue weighted by molar-refractivity contribution is 7.80. The van der Waals surface area contributed by atoms with Crippen molar-refractivity contribution >= 4 is 46.6 Å². The monoisotopic (exact) mass is 309 g/mol. The van der Waals surface area contributed by atoms with Crippen LogP contribution < -0.4 is 21.5 Å². The Bertz CT molecular complexity index is 513. The second kappa shape index (κ2) is 8.88. The number of hydrogen-bond acceptors (Lipinski definition) is 5. The maximum absolute atomic E-state index is 4.96. The fraction of sp³-hybridized carbons (Fsp3) is 0.182. The van der Waals surface area contributed by atoms with Gasteiger partial charge in [-0.1, -0.05) is 0 Å². The lowest BCUT2D eigenvalue weighted by molar-refractivity contribution is 0.972. The summed E-state index contributed by atoms with van der Waals surface area (Å²) in [5.41, 5.74) is 6.77. The molecular formula is C11H15N7S2. The third kappa shape index (κ3) is 5.67. The lowest BCUT2D eigenvalue weighted by Gasteiger charge is -2.05. The average Bonchev–Trinajstić information content (AvgIpc) is 2.50. The summed E-state index contributed by atoms with van der Waals surface area (Å²) in [5.74, 6) is 0. The normalized spacial score (nSPS) is 11.0. The maximum Gasteiger partial charge on any atom is 0.186 e. The second-order valence-electron chi connectivity index (χ2n) is 3.37. The molecule has 0 atom stereocenters. The number of hydrogen-bond donors (Lipinski definition) is 4. The summed E-state index contributed by atoms with van der Waals surface area (Å²) in [6.07, 6.45) is 4.87. The van der Waals surface area contributed by atoms with Gasteiger partial charge in [0.1, 0.15) is 5.71 Å². The molecule has 0 bridgehead atoms. The van der Waals surface area contributed by atoms with Gasteiger partial charge in [-0.05, 0) is 36.6 Å². The van der Waals surface area contributed by atoms with Crippen LogP contribution in [0, 0.1) is 0 Å². The molecule has 9 heteroatoms. The summed E-state index contributed by atoms with van der Waals surface area (Å²) in [7, 11) is 3.41. The molecule has 0 saturated heterocycles. The predicted molar refractivity (Wildman–Crippen MR) is 88.9 cm³/mol. The summed E-state index contributed by atoms with van der Waals surface area (Å²) in [5, 5.41) is 14.5. The Hall–Kier alpha value is -2.13. The van der Waals surface area contributed by atoms with Crippen molar-refractivity contribution < 1.29 is 0 Å². The number of nitrogens with one attached hydrogen (secondary N) is 4. The highest BCUT2D eigenvalue weighted by Crippen LogP contribution is 1.97. The van der Waals surface area contributed by atoms with Crippen LogP contribution in [-0.4, -0.2) is 41.2 Å². The molecule has 0 unspecified atom stereocenters. The van der Waals surface area contributed by atoms with Gasteiger partial charge in [0.05, 0.1) is 6.21 Å². The van der Waals surface area contributed by atoms with Gasteiger partial charge in [-0.3, -0.25) is 15.8 Å². The van der Waals surface area contributed by atoms with Crippen LogP contribution in [0.3, 0.4) is 0 Å². The van der Waals surface area contributed by atoms with Gasteiger partial charge in [0.2, 0.25) is 0 Å². The largest absolute Gasteiger partial charge is 0.364 e. The molecule has 106 valence electrons. The first-order valence-corrected chi connectivity index (χ1v) is 6.45. The van der Waals surface area contributed by atoms with Crippen LogP contribution >= 0.6 is 24.4 Å². The molecule has 0 saturated carbocycles. The van der Waals surface area contributed by atoms with Crippen molar-refractivity contribution in [3.05, 3.63) is 30.1 Å². The molecule has 1 aromatic rings. The molecule has 0 fully saturated rings. The first-order chi connectivity index (χ1) is 9.67. The molecule has 0 spiro atoms. The fourth-order valence-corrected chi connectivity index (χ4v) is 1.16. The average molecular weight is 309 g/mol. The van der Waals surface area contributed by atoms with Crippen molar-refractivity contribution in [2.75, 3.05) is 14.1 Å². The van der Waals surface area contributed by atoms with Gasteiger partial charge in [-0.2, -0.15) is 10.2 Å². The smallest absolute Gasteiger partial charge is 0.186 e. The topological polar surface area (TPSA) is 85.7 Å². The van der Waals surface area contributed by atoms with Crippen molar-refractivity contribution in [1.82, 2.24) is 26.5 Å². The first-order valence-electron chi connectivity index (χ1n) is 5.64. The van der Waals surface area contributed by atoms with E-state index in [2.05, 4.69) is 36.7 Å². The Labute approximate surface area is 127 Å². The minimum absolute atomic E-state index is 0.406. The zero-order valence-corrected chi connectivity index (χ0v) is 12.7. The minimum atomic E-state index is 0.406. The Morgan fingerprint density at radius 3 is 2.30 bits per heavy atom. The summed E-state index contributed by atoms with van der Waals surface area (Å²) in [4.78, 5) is 3.96. The zero-order valence-electron chi connectivity index (χ0n) is 11.0. The van der Waals surface area contributed by atoms with Crippen LogP contribution in [-0.2, 0) is 0 Å². The number of pyridine rings is 1. The maximum atomic E-state index is 4.96. The number of hydrazone groups is 2. The first kappa shape index (κ1) is 15.9. The highest BCUT2D eigenvalue weighted by atomic mass is 32.1. The van der Waals surface area contributed by atoms with Gasteiger partial charge in [-0.25, -0.2) is 0 Å². The van der Waals surface area contributed by atoms with Crippen molar-refractivity contribution in [3.8, 4) is 0 Å². The molecule has 4 N–H and O–H groups in total. The van der Waals surface area contributed by atoms with Crippen LogP contribution in [0.1, 0.15) is 5.56 Å². The Kier molecular flexibility index (Phi) is 7.07. The third-order valence-corrected chi connectivity index (χ3v) is 2.65. The van der Waals surface area contributed by atoms with Gasteiger partial charge < -0.3 is 10.6 Å². The predicted octanol–water partition coefficient (Wildman–Crippen LogP) is -0.0407.